The summed E-state index contributed by atoms with van der Waals surface area (Å²) >= 11 is 0. The van der Waals surface area contributed by atoms with Crippen molar-refractivity contribution in [3.8, 4) is 0 Å². The second-order valence-electron chi connectivity index (χ2n) is 8.02. The molecule has 1 aliphatic carbocycles. The van der Waals surface area contributed by atoms with Gasteiger partial charge in [0.2, 0.25) is 0 Å². The summed E-state index contributed by atoms with van der Waals surface area (Å²) in [5.41, 5.74) is 0. The van der Waals surface area contributed by atoms with Gasteiger partial charge in [0, 0.05) is 19.8 Å². The molecule has 0 radical (unpaired) electrons. The van der Waals surface area contributed by atoms with Crippen molar-refractivity contribution >= 4 is 0 Å². The second kappa shape index (κ2) is 12.3. The fourth-order valence-corrected chi connectivity index (χ4v) is 3.39. The van der Waals surface area contributed by atoms with Crippen molar-refractivity contribution < 1.29 is 14.2 Å². The predicted octanol–water partition coefficient (Wildman–Crippen LogP) is 4.93. The zero-order chi connectivity index (χ0) is 17.1. The minimum atomic E-state index is 0.437. The molecule has 0 spiro atoms. The van der Waals surface area contributed by atoms with Crippen LogP contribution in [0.5, 0.6) is 0 Å². The normalized spacial score (nSPS) is 25.4. The number of unbranched alkanes of at least 4 members (excludes halogenated alkanes) is 1. The maximum atomic E-state index is 6.15. The van der Waals surface area contributed by atoms with Crippen molar-refractivity contribution in [2.45, 2.75) is 72.8 Å². The van der Waals surface area contributed by atoms with Gasteiger partial charge >= 0.3 is 0 Å². The van der Waals surface area contributed by atoms with Crippen molar-refractivity contribution in [3.63, 3.8) is 0 Å². The number of hydrogen-bond acceptors (Lipinski definition) is 3. The molecule has 0 N–H and O–H groups in total. The Hall–Kier alpha value is -0.120. The summed E-state index contributed by atoms with van der Waals surface area (Å²) in [6.07, 6.45) is 6.50. The summed E-state index contributed by atoms with van der Waals surface area (Å²) in [5.74, 6) is 2.88. The lowest BCUT2D eigenvalue weighted by molar-refractivity contribution is -0.0585. The van der Waals surface area contributed by atoms with Crippen LogP contribution >= 0.6 is 0 Å². The third kappa shape index (κ3) is 9.69. The molecule has 23 heavy (non-hydrogen) atoms. The predicted molar refractivity (Wildman–Crippen MR) is 96.8 cm³/mol. The highest BCUT2D eigenvalue weighted by atomic mass is 16.5. The first kappa shape index (κ1) is 20.9. The molecule has 1 fully saturated rings. The molecule has 3 heteroatoms. The highest BCUT2D eigenvalue weighted by Gasteiger charge is 2.31. The van der Waals surface area contributed by atoms with Crippen LogP contribution in [0.15, 0.2) is 0 Å². The molecule has 0 aliphatic heterocycles. The molecular weight excluding hydrogens is 288 g/mol. The Bertz CT molecular complexity index is 278. The molecule has 3 atom stereocenters. The van der Waals surface area contributed by atoms with E-state index in [0.717, 1.165) is 63.6 Å². The molecule has 0 amide bonds. The van der Waals surface area contributed by atoms with Crippen molar-refractivity contribution in [1.82, 2.24) is 0 Å². The smallest absolute Gasteiger partial charge is 0.0704 e. The maximum absolute atomic E-state index is 6.15. The van der Waals surface area contributed by atoms with Gasteiger partial charge in [0.1, 0.15) is 0 Å². The lowest BCUT2D eigenvalue weighted by atomic mass is 9.75. The Kier molecular flexibility index (Phi) is 11.2. The van der Waals surface area contributed by atoms with Crippen LogP contribution in [0.2, 0.25) is 0 Å². The van der Waals surface area contributed by atoms with Crippen molar-refractivity contribution in [1.29, 1.82) is 0 Å². The van der Waals surface area contributed by atoms with Crippen molar-refractivity contribution in [2.75, 3.05) is 33.0 Å². The maximum Gasteiger partial charge on any atom is 0.0704 e. The van der Waals surface area contributed by atoms with E-state index in [-0.39, 0.29) is 0 Å². The van der Waals surface area contributed by atoms with E-state index in [4.69, 9.17) is 14.2 Å². The first-order valence-electron chi connectivity index (χ1n) is 9.77. The average Bonchev–Trinajstić information content (AvgIpc) is 2.48. The SMILES string of the molecule is CC(C)COCCCCOCCOC1CC(C)CCC1C(C)C. The van der Waals surface area contributed by atoms with Gasteiger partial charge in [-0.05, 0) is 49.4 Å². The zero-order valence-corrected chi connectivity index (χ0v) is 16.2. The Morgan fingerprint density at radius 2 is 1.57 bits per heavy atom. The van der Waals surface area contributed by atoms with Crippen LogP contribution in [0.1, 0.15) is 66.7 Å². The molecule has 1 rings (SSSR count). The Balaban J connectivity index is 1.99. The molecule has 0 aromatic carbocycles. The minimum Gasteiger partial charge on any atom is -0.381 e. The van der Waals surface area contributed by atoms with Gasteiger partial charge in [-0.2, -0.15) is 0 Å². The molecule has 138 valence electrons. The second-order valence-corrected chi connectivity index (χ2v) is 8.02. The van der Waals surface area contributed by atoms with Gasteiger partial charge in [0.05, 0.1) is 19.3 Å². The summed E-state index contributed by atoms with van der Waals surface area (Å²) in [7, 11) is 0. The van der Waals surface area contributed by atoms with Crippen LogP contribution in [0, 0.1) is 23.7 Å². The first-order valence-corrected chi connectivity index (χ1v) is 9.77. The zero-order valence-electron chi connectivity index (χ0n) is 16.2. The molecule has 1 aliphatic rings. The highest BCUT2D eigenvalue weighted by Crippen LogP contribution is 2.35. The van der Waals surface area contributed by atoms with Gasteiger partial charge in [-0.3, -0.25) is 0 Å². The first-order chi connectivity index (χ1) is 11.0. The van der Waals surface area contributed by atoms with E-state index in [1.165, 1.54) is 19.3 Å². The third-order valence-corrected chi connectivity index (χ3v) is 4.80. The summed E-state index contributed by atoms with van der Waals surface area (Å²) in [6.45, 7) is 15.4. The fourth-order valence-electron chi connectivity index (χ4n) is 3.39. The van der Waals surface area contributed by atoms with Gasteiger partial charge in [0.15, 0.2) is 0 Å². The van der Waals surface area contributed by atoms with Crippen LogP contribution in [0.25, 0.3) is 0 Å². The fraction of sp³-hybridized carbons (Fsp3) is 1.00. The van der Waals surface area contributed by atoms with Gasteiger partial charge in [0.25, 0.3) is 0 Å². The van der Waals surface area contributed by atoms with Gasteiger partial charge < -0.3 is 14.2 Å². The van der Waals surface area contributed by atoms with Crippen LogP contribution in [0.4, 0.5) is 0 Å². The highest BCUT2D eigenvalue weighted by molar-refractivity contribution is 4.81. The molecule has 0 bridgehead atoms. The van der Waals surface area contributed by atoms with Gasteiger partial charge in [-0.1, -0.05) is 41.0 Å². The lowest BCUT2D eigenvalue weighted by Crippen LogP contribution is -2.35. The van der Waals surface area contributed by atoms with Crippen molar-refractivity contribution in [3.05, 3.63) is 0 Å². The number of ether oxygens (including phenoxy) is 3. The topological polar surface area (TPSA) is 27.7 Å². The minimum absolute atomic E-state index is 0.437. The van der Waals surface area contributed by atoms with Crippen LogP contribution in [-0.2, 0) is 14.2 Å². The summed E-state index contributed by atoms with van der Waals surface area (Å²) < 4.78 is 17.4. The summed E-state index contributed by atoms with van der Waals surface area (Å²) in [4.78, 5) is 0. The van der Waals surface area contributed by atoms with Crippen LogP contribution in [-0.4, -0.2) is 39.1 Å². The van der Waals surface area contributed by atoms with Crippen molar-refractivity contribution in [2.24, 2.45) is 23.7 Å². The van der Waals surface area contributed by atoms with E-state index in [9.17, 15) is 0 Å². The molecule has 1 saturated carbocycles. The molecular formula is C20H40O3. The standard InChI is InChI=1S/C20H40O3/c1-16(2)15-22-11-7-6-10-21-12-13-23-20-14-18(5)8-9-19(20)17(3)4/h16-20H,6-15H2,1-5H3. The molecule has 0 aromatic heterocycles. The molecule has 3 unspecified atom stereocenters. The van der Waals surface area contributed by atoms with E-state index >= 15 is 0 Å². The molecule has 0 heterocycles. The van der Waals surface area contributed by atoms with E-state index in [2.05, 4.69) is 34.6 Å². The Labute approximate surface area is 144 Å². The Morgan fingerprint density at radius 1 is 0.870 bits per heavy atom. The summed E-state index contributed by atoms with van der Waals surface area (Å²) in [6, 6.07) is 0. The molecule has 3 nitrogen and oxygen atoms in total. The van der Waals surface area contributed by atoms with Gasteiger partial charge in [-0.25, -0.2) is 0 Å². The number of rotatable bonds is 12. The van der Waals surface area contributed by atoms with Crippen LogP contribution < -0.4 is 0 Å². The third-order valence-electron chi connectivity index (χ3n) is 4.80. The largest absolute Gasteiger partial charge is 0.381 e. The average molecular weight is 329 g/mol. The summed E-state index contributed by atoms with van der Waals surface area (Å²) in [5, 5.41) is 0. The van der Waals surface area contributed by atoms with E-state index < -0.39 is 0 Å². The van der Waals surface area contributed by atoms with Crippen LogP contribution in [0.3, 0.4) is 0 Å². The van der Waals surface area contributed by atoms with E-state index in [0.29, 0.717) is 12.0 Å². The lowest BCUT2D eigenvalue weighted by Gasteiger charge is -2.37. The molecule has 0 aromatic rings. The van der Waals surface area contributed by atoms with E-state index in [1.807, 2.05) is 0 Å². The van der Waals surface area contributed by atoms with Gasteiger partial charge in [-0.15, -0.1) is 0 Å². The Morgan fingerprint density at radius 3 is 2.22 bits per heavy atom. The van der Waals surface area contributed by atoms with E-state index in [1.54, 1.807) is 0 Å². The molecule has 0 saturated heterocycles. The monoisotopic (exact) mass is 328 g/mol. The quantitative estimate of drug-likeness (QED) is 0.475. The number of hydrogen-bond donors (Lipinski definition) is 0.